The highest BCUT2D eigenvalue weighted by Gasteiger charge is 2.12. The molecule has 0 radical (unpaired) electrons. The molecule has 0 spiro atoms. The summed E-state index contributed by atoms with van der Waals surface area (Å²) >= 11 is 0. The van der Waals surface area contributed by atoms with Crippen LogP contribution in [0.4, 0.5) is 0 Å². The third kappa shape index (κ3) is 6.00. The van der Waals surface area contributed by atoms with Gasteiger partial charge in [-0.05, 0) is 50.4 Å². The van der Waals surface area contributed by atoms with Gasteiger partial charge in [-0.15, -0.1) is 0 Å². The van der Waals surface area contributed by atoms with Crippen LogP contribution in [0.25, 0.3) is 0 Å². The van der Waals surface area contributed by atoms with Crippen molar-refractivity contribution in [3.05, 3.63) is 29.8 Å². The van der Waals surface area contributed by atoms with Crippen molar-refractivity contribution in [1.82, 2.24) is 4.72 Å². The maximum Gasteiger partial charge on any atom is 0.240 e. The van der Waals surface area contributed by atoms with Gasteiger partial charge in [-0.1, -0.05) is 12.1 Å². The lowest BCUT2D eigenvalue weighted by Gasteiger charge is -2.08. The van der Waals surface area contributed by atoms with E-state index in [4.69, 9.17) is 10.5 Å². The van der Waals surface area contributed by atoms with Crippen LogP contribution >= 0.6 is 0 Å². The highest BCUT2D eigenvalue weighted by atomic mass is 32.2. The standard InChI is InChI=1S/C14H24N2O3S/c1-2-19-12-4-11-16-20(17,18)14-8-6-13(7-9-14)5-3-10-15/h6-9,16H,2-5,10-12,15H2,1H3. The molecule has 5 nitrogen and oxygen atoms in total. The predicted octanol–water partition coefficient (Wildman–Crippen LogP) is 1.28. The molecule has 0 amide bonds. The third-order valence-electron chi connectivity index (χ3n) is 2.86. The molecule has 6 heteroatoms. The van der Waals surface area contributed by atoms with Gasteiger partial charge in [0.2, 0.25) is 10.0 Å². The van der Waals surface area contributed by atoms with Crippen molar-refractivity contribution < 1.29 is 13.2 Å². The molecule has 0 aliphatic rings. The SMILES string of the molecule is CCOCCCNS(=O)(=O)c1ccc(CCCN)cc1. The molecule has 0 saturated heterocycles. The van der Waals surface area contributed by atoms with E-state index in [-0.39, 0.29) is 0 Å². The fourth-order valence-electron chi connectivity index (χ4n) is 1.75. The predicted molar refractivity (Wildman–Crippen MR) is 80.1 cm³/mol. The fraction of sp³-hybridized carbons (Fsp3) is 0.571. The topological polar surface area (TPSA) is 81.4 Å². The Morgan fingerprint density at radius 2 is 1.90 bits per heavy atom. The monoisotopic (exact) mass is 300 g/mol. The van der Waals surface area contributed by atoms with Crippen LogP contribution in [0.1, 0.15) is 25.3 Å². The molecule has 0 saturated carbocycles. The van der Waals surface area contributed by atoms with Crippen molar-refractivity contribution in [3.63, 3.8) is 0 Å². The van der Waals surface area contributed by atoms with Gasteiger partial charge in [0.05, 0.1) is 4.90 Å². The number of rotatable bonds is 10. The molecular weight excluding hydrogens is 276 g/mol. The van der Waals surface area contributed by atoms with Crippen LogP contribution in [0, 0.1) is 0 Å². The summed E-state index contributed by atoms with van der Waals surface area (Å²) in [5.41, 5.74) is 6.55. The van der Waals surface area contributed by atoms with E-state index in [1.807, 2.05) is 19.1 Å². The first-order valence-electron chi connectivity index (χ1n) is 6.96. The summed E-state index contributed by atoms with van der Waals surface area (Å²) in [6, 6.07) is 6.95. The first kappa shape index (κ1) is 17.1. The lowest BCUT2D eigenvalue weighted by atomic mass is 10.1. The van der Waals surface area contributed by atoms with Crippen LogP contribution < -0.4 is 10.5 Å². The van der Waals surface area contributed by atoms with Crippen LogP contribution in [0.3, 0.4) is 0 Å². The molecule has 1 aromatic carbocycles. The first-order valence-corrected chi connectivity index (χ1v) is 8.45. The van der Waals surface area contributed by atoms with E-state index in [0.29, 0.717) is 37.6 Å². The number of hydrogen-bond acceptors (Lipinski definition) is 4. The van der Waals surface area contributed by atoms with E-state index >= 15 is 0 Å². The highest BCUT2D eigenvalue weighted by Crippen LogP contribution is 2.11. The minimum absolute atomic E-state index is 0.297. The quantitative estimate of drug-likeness (QED) is 0.638. The summed E-state index contributed by atoms with van der Waals surface area (Å²) in [6.07, 6.45) is 2.45. The van der Waals surface area contributed by atoms with Crippen molar-refractivity contribution in [2.24, 2.45) is 5.73 Å². The van der Waals surface area contributed by atoms with Crippen molar-refractivity contribution in [3.8, 4) is 0 Å². The summed E-state index contributed by atoms with van der Waals surface area (Å²) in [6.45, 7) is 4.16. The Hall–Kier alpha value is -0.950. The number of ether oxygens (including phenoxy) is 1. The van der Waals surface area contributed by atoms with Crippen LogP contribution in [0.2, 0.25) is 0 Å². The van der Waals surface area contributed by atoms with Gasteiger partial charge in [0.15, 0.2) is 0 Å². The van der Waals surface area contributed by atoms with Gasteiger partial charge in [-0.3, -0.25) is 0 Å². The molecule has 1 aromatic rings. The number of aryl methyl sites for hydroxylation is 1. The Bertz CT molecular complexity index is 472. The van der Waals surface area contributed by atoms with Crippen molar-refractivity contribution >= 4 is 10.0 Å². The Labute approximate surface area is 121 Å². The smallest absolute Gasteiger partial charge is 0.240 e. The molecule has 0 aliphatic carbocycles. The number of sulfonamides is 1. The molecule has 20 heavy (non-hydrogen) atoms. The summed E-state index contributed by atoms with van der Waals surface area (Å²) in [7, 11) is -3.41. The van der Waals surface area contributed by atoms with E-state index in [1.165, 1.54) is 0 Å². The van der Waals surface area contributed by atoms with Gasteiger partial charge in [-0.2, -0.15) is 0 Å². The normalized spacial score (nSPS) is 11.7. The van der Waals surface area contributed by atoms with Crippen molar-refractivity contribution in [1.29, 1.82) is 0 Å². The van der Waals surface area contributed by atoms with Crippen LogP contribution in [0.5, 0.6) is 0 Å². The first-order chi connectivity index (χ1) is 9.60. The fourth-order valence-corrected chi connectivity index (χ4v) is 2.82. The highest BCUT2D eigenvalue weighted by molar-refractivity contribution is 7.89. The van der Waals surface area contributed by atoms with Crippen LogP contribution in [-0.4, -0.2) is 34.7 Å². The second kappa shape index (κ2) is 9.07. The molecular formula is C14H24N2O3S. The summed E-state index contributed by atoms with van der Waals surface area (Å²) < 4.78 is 31.8. The maximum absolute atomic E-state index is 12.0. The average Bonchev–Trinajstić information content (AvgIpc) is 2.45. The molecule has 0 unspecified atom stereocenters. The second-order valence-corrected chi connectivity index (χ2v) is 6.25. The summed E-state index contributed by atoms with van der Waals surface area (Å²) in [5.74, 6) is 0. The average molecular weight is 300 g/mol. The summed E-state index contributed by atoms with van der Waals surface area (Å²) in [4.78, 5) is 0.297. The molecule has 1 rings (SSSR count). The largest absolute Gasteiger partial charge is 0.382 e. The number of benzene rings is 1. The zero-order valence-electron chi connectivity index (χ0n) is 12.0. The third-order valence-corrected chi connectivity index (χ3v) is 4.34. The molecule has 0 aromatic heterocycles. The van der Waals surface area contributed by atoms with Gasteiger partial charge >= 0.3 is 0 Å². The van der Waals surface area contributed by atoms with Crippen LogP contribution in [0.15, 0.2) is 29.2 Å². The minimum atomic E-state index is -3.41. The molecule has 3 N–H and O–H groups in total. The lowest BCUT2D eigenvalue weighted by molar-refractivity contribution is 0.146. The molecule has 0 aliphatic heterocycles. The van der Waals surface area contributed by atoms with E-state index in [2.05, 4.69) is 4.72 Å². The van der Waals surface area contributed by atoms with E-state index in [1.54, 1.807) is 12.1 Å². The van der Waals surface area contributed by atoms with E-state index in [9.17, 15) is 8.42 Å². The van der Waals surface area contributed by atoms with Gasteiger partial charge < -0.3 is 10.5 Å². The number of hydrogen-bond donors (Lipinski definition) is 2. The molecule has 0 bridgehead atoms. The van der Waals surface area contributed by atoms with Gasteiger partial charge in [0, 0.05) is 19.8 Å². The van der Waals surface area contributed by atoms with Gasteiger partial charge in [0.1, 0.15) is 0 Å². The van der Waals surface area contributed by atoms with Gasteiger partial charge in [-0.25, -0.2) is 13.1 Å². The summed E-state index contributed by atoms with van der Waals surface area (Å²) in [5, 5.41) is 0. The van der Waals surface area contributed by atoms with Crippen molar-refractivity contribution in [2.45, 2.75) is 31.1 Å². The van der Waals surface area contributed by atoms with Crippen molar-refractivity contribution in [2.75, 3.05) is 26.3 Å². The Morgan fingerprint density at radius 3 is 2.50 bits per heavy atom. The Kier molecular flexibility index (Phi) is 7.76. The van der Waals surface area contributed by atoms with Crippen LogP contribution in [-0.2, 0) is 21.2 Å². The van der Waals surface area contributed by atoms with E-state index in [0.717, 1.165) is 18.4 Å². The minimum Gasteiger partial charge on any atom is -0.382 e. The lowest BCUT2D eigenvalue weighted by Crippen LogP contribution is -2.25. The second-order valence-electron chi connectivity index (χ2n) is 4.48. The zero-order chi connectivity index (χ0) is 14.8. The Morgan fingerprint density at radius 1 is 1.20 bits per heavy atom. The molecule has 0 atom stereocenters. The number of nitrogens with one attached hydrogen (secondary N) is 1. The van der Waals surface area contributed by atoms with Gasteiger partial charge in [0.25, 0.3) is 0 Å². The Balaban J connectivity index is 2.50. The zero-order valence-corrected chi connectivity index (χ0v) is 12.8. The molecule has 114 valence electrons. The number of nitrogens with two attached hydrogens (primary N) is 1. The molecule has 0 heterocycles. The van der Waals surface area contributed by atoms with E-state index < -0.39 is 10.0 Å². The maximum atomic E-state index is 12.0. The molecule has 0 fully saturated rings.